The third kappa shape index (κ3) is 2.58. The van der Waals surface area contributed by atoms with E-state index in [9.17, 15) is 0 Å². The van der Waals surface area contributed by atoms with E-state index >= 15 is 0 Å². The van der Waals surface area contributed by atoms with E-state index < -0.39 is 0 Å². The van der Waals surface area contributed by atoms with Crippen LogP contribution < -0.4 is 4.90 Å². The third-order valence-electron chi connectivity index (χ3n) is 2.44. The molecule has 0 saturated carbocycles. The van der Waals surface area contributed by atoms with Crippen molar-refractivity contribution < 1.29 is 0 Å². The second-order valence-corrected chi connectivity index (χ2v) is 3.70. The Hall–Kier alpha value is -2.41. The summed E-state index contributed by atoms with van der Waals surface area (Å²) in [5.41, 5.74) is 1.72. The zero-order valence-corrected chi connectivity index (χ0v) is 9.54. The van der Waals surface area contributed by atoms with E-state index in [1.807, 2.05) is 24.1 Å². The lowest BCUT2D eigenvalue weighted by molar-refractivity contribution is 0.892. The van der Waals surface area contributed by atoms with E-state index in [2.05, 4.69) is 16.0 Å². The lowest BCUT2D eigenvalue weighted by Crippen LogP contribution is -2.18. The summed E-state index contributed by atoms with van der Waals surface area (Å²) in [5, 5.41) is 9.01. The van der Waals surface area contributed by atoms with Gasteiger partial charge in [0.05, 0.1) is 5.56 Å². The first kappa shape index (κ1) is 11.1. The molecule has 0 radical (unpaired) electrons. The van der Waals surface area contributed by atoms with Crippen molar-refractivity contribution in [3.8, 4) is 6.07 Å². The molecule has 0 atom stereocenters. The van der Waals surface area contributed by atoms with Crippen LogP contribution >= 0.6 is 0 Å². The molecule has 0 amide bonds. The zero-order chi connectivity index (χ0) is 12.1. The number of hydrogen-bond donors (Lipinski definition) is 0. The van der Waals surface area contributed by atoms with E-state index in [0.29, 0.717) is 17.9 Å². The molecule has 0 fully saturated rings. The minimum absolute atomic E-state index is 0.587. The Bertz CT molecular complexity index is 531. The first-order valence-corrected chi connectivity index (χ1v) is 5.26. The predicted octanol–water partition coefficient (Wildman–Crippen LogP) is 1.98. The summed E-state index contributed by atoms with van der Waals surface area (Å²) in [5.74, 6) is 0.701. The molecule has 4 nitrogen and oxygen atoms in total. The molecule has 0 aromatic carbocycles. The van der Waals surface area contributed by atoms with Crippen molar-refractivity contribution in [2.75, 3.05) is 11.9 Å². The molecule has 0 N–H and O–H groups in total. The topological polar surface area (TPSA) is 52.8 Å². The Labute approximate surface area is 100 Å². The molecule has 0 unspecified atom stereocenters. The van der Waals surface area contributed by atoms with Crippen LogP contribution in [0.4, 0.5) is 5.82 Å². The Kier molecular flexibility index (Phi) is 3.31. The lowest BCUT2D eigenvalue weighted by Gasteiger charge is -2.18. The van der Waals surface area contributed by atoms with Crippen molar-refractivity contribution in [2.24, 2.45) is 0 Å². The molecular formula is C13H12N4. The molecule has 0 saturated heterocycles. The number of nitrogens with zero attached hydrogens (tertiary/aromatic N) is 4. The van der Waals surface area contributed by atoms with E-state index in [1.165, 1.54) is 0 Å². The summed E-state index contributed by atoms with van der Waals surface area (Å²) in [6.45, 7) is 0.703. The van der Waals surface area contributed by atoms with Crippen molar-refractivity contribution in [2.45, 2.75) is 6.54 Å². The Morgan fingerprint density at radius 3 is 2.71 bits per heavy atom. The molecule has 2 aromatic rings. The first-order chi connectivity index (χ1) is 8.31. The van der Waals surface area contributed by atoms with Crippen LogP contribution in [0.25, 0.3) is 0 Å². The Morgan fingerprint density at radius 1 is 1.24 bits per heavy atom. The van der Waals surface area contributed by atoms with Gasteiger partial charge in [0.1, 0.15) is 11.9 Å². The number of pyridine rings is 2. The number of nitriles is 1. The summed E-state index contributed by atoms with van der Waals surface area (Å²) in [4.78, 5) is 10.2. The van der Waals surface area contributed by atoms with Crippen LogP contribution in [0, 0.1) is 11.3 Å². The van der Waals surface area contributed by atoms with Gasteiger partial charge < -0.3 is 4.90 Å². The summed E-state index contributed by atoms with van der Waals surface area (Å²) >= 11 is 0. The van der Waals surface area contributed by atoms with Gasteiger partial charge in [0.2, 0.25) is 0 Å². The molecule has 0 spiro atoms. The normalized spacial score (nSPS) is 9.65. The van der Waals surface area contributed by atoms with Gasteiger partial charge in [-0.15, -0.1) is 0 Å². The average molecular weight is 224 g/mol. The van der Waals surface area contributed by atoms with Gasteiger partial charge in [-0.1, -0.05) is 0 Å². The van der Waals surface area contributed by atoms with Gasteiger partial charge in [0.15, 0.2) is 0 Å². The molecule has 0 bridgehead atoms. The van der Waals surface area contributed by atoms with E-state index in [4.69, 9.17) is 5.26 Å². The summed E-state index contributed by atoms with van der Waals surface area (Å²) in [6.07, 6.45) is 5.21. The second-order valence-electron chi connectivity index (χ2n) is 3.70. The molecule has 0 aliphatic rings. The van der Waals surface area contributed by atoms with Gasteiger partial charge in [-0.05, 0) is 29.8 Å². The fourth-order valence-electron chi connectivity index (χ4n) is 1.63. The fourth-order valence-corrected chi connectivity index (χ4v) is 1.63. The maximum Gasteiger partial charge on any atom is 0.146 e. The molecule has 2 aromatic heterocycles. The predicted molar refractivity (Wildman–Crippen MR) is 65.3 cm³/mol. The monoisotopic (exact) mass is 224 g/mol. The average Bonchev–Trinajstić information content (AvgIpc) is 2.40. The van der Waals surface area contributed by atoms with E-state index in [0.717, 1.165) is 5.56 Å². The molecular weight excluding hydrogens is 212 g/mol. The number of hydrogen-bond acceptors (Lipinski definition) is 4. The molecule has 0 aliphatic carbocycles. The highest BCUT2D eigenvalue weighted by Crippen LogP contribution is 2.16. The summed E-state index contributed by atoms with van der Waals surface area (Å²) < 4.78 is 0. The van der Waals surface area contributed by atoms with Gasteiger partial charge in [-0.2, -0.15) is 5.26 Å². The number of anilines is 1. The van der Waals surface area contributed by atoms with Crippen LogP contribution in [0.1, 0.15) is 11.1 Å². The molecule has 2 heterocycles. The quantitative estimate of drug-likeness (QED) is 0.800. The fraction of sp³-hybridized carbons (Fsp3) is 0.154. The molecule has 84 valence electrons. The van der Waals surface area contributed by atoms with Crippen molar-refractivity contribution in [3.63, 3.8) is 0 Å². The zero-order valence-electron chi connectivity index (χ0n) is 9.54. The lowest BCUT2D eigenvalue weighted by atomic mass is 10.2. The molecule has 0 aliphatic heterocycles. The first-order valence-electron chi connectivity index (χ1n) is 5.26. The second kappa shape index (κ2) is 5.08. The van der Waals surface area contributed by atoms with Crippen molar-refractivity contribution in [3.05, 3.63) is 54.0 Å². The van der Waals surface area contributed by atoms with Gasteiger partial charge >= 0.3 is 0 Å². The minimum Gasteiger partial charge on any atom is -0.354 e. The number of aromatic nitrogens is 2. The third-order valence-corrected chi connectivity index (χ3v) is 2.44. The maximum absolute atomic E-state index is 9.01. The van der Waals surface area contributed by atoms with Crippen molar-refractivity contribution >= 4 is 5.82 Å². The van der Waals surface area contributed by atoms with Gasteiger partial charge in [0.25, 0.3) is 0 Å². The highest BCUT2D eigenvalue weighted by Gasteiger charge is 2.08. The number of rotatable bonds is 3. The van der Waals surface area contributed by atoms with Gasteiger partial charge in [-0.3, -0.25) is 4.98 Å². The molecule has 2 rings (SSSR count). The van der Waals surface area contributed by atoms with Gasteiger partial charge in [0, 0.05) is 32.2 Å². The largest absolute Gasteiger partial charge is 0.354 e. The van der Waals surface area contributed by atoms with Gasteiger partial charge in [-0.25, -0.2) is 4.98 Å². The van der Waals surface area contributed by atoms with E-state index in [-0.39, 0.29) is 0 Å². The Morgan fingerprint density at radius 2 is 2.00 bits per heavy atom. The molecule has 17 heavy (non-hydrogen) atoms. The Balaban J connectivity index is 2.21. The molecule has 4 heteroatoms. The van der Waals surface area contributed by atoms with Crippen LogP contribution in [-0.4, -0.2) is 17.0 Å². The van der Waals surface area contributed by atoms with Crippen LogP contribution in [0.5, 0.6) is 0 Å². The van der Waals surface area contributed by atoms with Crippen LogP contribution in [0.2, 0.25) is 0 Å². The smallest absolute Gasteiger partial charge is 0.146 e. The maximum atomic E-state index is 9.01. The van der Waals surface area contributed by atoms with Crippen molar-refractivity contribution in [1.29, 1.82) is 5.26 Å². The minimum atomic E-state index is 0.587. The highest BCUT2D eigenvalue weighted by atomic mass is 15.2. The van der Waals surface area contributed by atoms with E-state index in [1.54, 1.807) is 30.7 Å². The van der Waals surface area contributed by atoms with Crippen molar-refractivity contribution in [1.82, 2.24) is 9.97 Å². The SMILES string of the molecule is CN(Cc1ccncc1)c1ncccc1C#N. The standard InChI is InChI=1S/C13H12N4/c1-17(10-11-4-7-15-8-5-11)13-12(9-14)3-2-6-16-13/h2-8H,10H2,1H3. The summed E-state index contributed by atoms with van der Waals surface area (Å²) in [7, 11) is 1.92. The van der Waals surface area contributed by atoms with Crippen LogP contribution in [0.3, 0.4) is 0 Å². The summed E-state index contributed by atoms with van der Waals surface area (Å²) in [6, 6.07) is 9.58. The van der Waals surface area contributed by atoms with Crippen LogP contribution in [-0.2, 0) is 6.54 Å². The highest BCUT2D eigenvalue weighted by molar-refractivity contribution is 5.53. The van der Waals surface area contributed by atoms with Crippen LogP contribution in [0.15, 0.2) is 42.9 Å².